The molecular weight excluding hydrogens is 232 g/mol. The molecule has 0 radical (unpaired) electrons. The van der Waals surface area contributed by atoms with Crippen molar-refractivity contribution in [2.75, 3.05) is 31.2 Å². The third-order valence-electron chi connectivity index (χ3n) is 4.07. The molecule has 17 heavy (non-hydrogen) atoms. The lowest BCUT2D eigenvalue weighted by Gasteiger charge is -2.42. The van der Waals surface area contributed by atoms with Crippen LogP contribution in [0.3, 0.4) is 0 Å². The van der Waals surface area contributed by atoms with Gasteiger partial charge in [-0.25, -0.2) is 0 Å². The molecule has 4 heteroatoms. The highest BCUT2D eigenvalue weighted by Gasteiger charge is 2.38. The van der Waals surface area contributed by atoms with Crippen LogP contribution in [0.15, 0.2) is 0 Å². The predicted octanol–water partition coefficient (Wildman–Crippen LogP) is 1.71. The van der Waals surface area contributed by atoms with Gasteiger partial charge >= 0.3 is 0 Å². The van der Waals surface area contributed by atoms with E-state index in [0.717, 1.165) is 19.7 Å². The van der Waals surface area contributed by atoms with Crippen molar-refractivity contribution in [3.05, 3.63) is 0 Å². The number of nitrogens with zero attached hydrogens (tertiary/aromatic N) is 1. The summed E-state index contributed by atoms with van der Waals surface area (Å²) in [4.78, 5) is 2.65. The van der Waals surface area contributed by atoms with E-state index in [2.05, 4.69) is 11.8 Å². The molecule has 0 amide bonds. The van der Waals surface area contributed by atoms with Crippen LogP contribution in [0.25, 0.3) is 0 Å². The van der Waals surface area contributed by atoms with Gasteiger partial charge in [-0.3, -0.25) is 4.90 Å². The minimum Gasteiger partial charge on any atom is -0.375 e. The van der Waals surface area contributed by atoms with E-state index in [4.69, 9.17) is 10.5 Å². The Morgan fingerprint density at radius 1 is 1.47 bits per heavy atom. The Balaban J connectivity index is 1.88. The lowest BCUT2D eigenvalue weighted by atomic mass is 10.1. The van der Waals surface area contributed by atoms with Crippen LogP contribution in [0, 0.1) is 0 Å². The predicted molar refractivity (Wildman–Crippen MR) is 74.5 cm³/mol. The van der Waals surface area contributed by atoms with E-state index in [1.54, 1.807) is 0 Å². The maximum absolute atomic E-state index is 5.98. The molecule has 2 rings (SSSR count). The maximum atomic E-state index is 5.98. The first kappa shape index (κ1) is 13.7. The highest BCUT2D eigenvalue weighted by atomic mass is 32.2. The molecule has 0 bridgehead atoms. The second-order valence-corrected chi connectivity index (χ2v) is 6.41. The molecule has 100 valence electrons. The summed E-state index contributed by atoms with van der Waals surface area (Å²) in [7, 11) is 0. The molecule has 3 unspecified atom stereocenters. The third-order valence-corrected chi connectivity index (χ3v) is 5.00. The minimum absolute atomic E-state index is 0.497. The number of hydrogen-bond acceptors (Lipinski definition) is 4. The molecule has 0 aromatic rings. The molecule has 1 aliphatic heterocycles. The molecule has 1 saturated heterocycles. The van der Waals surface area contributed by atoms with E-state index in [1.165, 1.54) is 37.2 Å². The Morgan fingerprint density at radius 2 is 2.35 bits per heavy atom. The van der Waals surface area contributed by atoms with E-state index >= 15 is 0 Å². The smallest absolute Gasteiger partial charge is 0.0731 e. The van der Waals surface area contributed by atoms with Crippen LogP contribution < -0.4 is 5.73 Å². The Morgan fingerprint density at radius 3 is 3.12 bits per heavy atom. The Bertz CT molecular complexity index is 227. The summed E-state index contributed by atoms with van der Waals surface area (Å²) in [5.74, 6) is 2.46. The fourth-order valence-electron chi connectivity index (χ4n) is 3.19. The monoisotopic (exact) mass is 258 g/mol. The molecule has 2 aliphatic rings. The molecule has 3 atom stereocenters. The average molecular weight is 258 g/mol. The molecule has 0 aromatic heterocycles. The van der Waals surface area contributed by atoms with Crippen molar-refractivity contribution >= 4 is 11.8 Å². The van der Waals surface area contributed by atoms with Gasteiger partial charge in [0.2, 0.25) is 0 Å². The second-order valence-electron chi connectivity index (χ2n) is 5.02. The van der Waals surface area contributed by atoms with Gasteiger partial charge in [0.25, 0.3) is 0 Å². The summed E-state index contributed by atoms with van der Waals surface area (Å²) in [5, 5.41) is 0. The SMILES string of the molecule is CCSCCC(CN)N1CCOC2CCCC21. The molecule has 2 N–H and O–H groups in total. The zero-order valence-corrected chi connectivity index (χ0v) is 11.8. The Hall–Kier alpha value is 0.230. The summed E-state index contributed by atoms with van der Waals surface area (Å²) in [6.07, 6.45) is 5.62. The molecule has 0 spiro atoms. The molecule has 0 aromatic carbocycles. The van der Waals surface area contributed by atoms with Crippen LogP contribution >= 0.6 is 11.8 Å². The van der Waals surface area contributed by atoms with Crippen LogP contribution in [-0.2, 0) is 4.74 Å². The van der Waals surface area contributed by atoms with Crippen LogP contribution in [0.1, 0.15) is 32.6 Å². The molecule has 2 fully saturated rings. The van der Waals surface area contributed by atoms with Crippen LogP contribution in [0.4, 0.5) is 0 Å². The molecule has 1 saturated carbocycles. The largest absolute Gasteiger partial charge is 0.375 e. The topological polar surface area (TPSA) is 38.5 Å². The van der Waals surface area contributed by atoms with E-state index in [1.807, 2.05) is 11.8 Å². The van der Waals surface area contributed by atoms with Gasteiger partial charge in [-0.1, -0.05) is 6.92 Å². The lowest BCUT2D eigenvalue weighted by Crippen LogP contribution is -2.55. The number of rotatable bonds is 6. The number of ether oxygens (including phenoxy) is 1. The molecular formula is C13H26N2OS. The number of hydrogen-bond donors (Lipinski definition) is 1. The van der Waals surface area contributed by atoms with E-state index in [9.17, 15) is 0 Å². The summed E-state index contributed by atoms with van der Waals surface area (Å²) in [6.45, 7) is 5.01. The fraction of sp³-hybridized carbons (Fsp3) is 1.00. The summed E-state index contributed by atoms with van der Waals surface area (Å²) in [6, 6.07) is 1.23. The number of morpholine rings is 1. The summed E-state index contributed by atoms with van der Waals surface area (Å²) >= 11 is 2.03. The van der Waals surface area contributed by atoms with E-state index in [-0.39, 0.29) is 0 Å². The van der Waals surface area contributed by atoms with Crippen molar-refractivity contribution in [3.63, 3.8) is 0 Å². The quantitative estimate of drug-likeness (QED) is 0.736. The normalized spacial score (nSPS) is 31.4. The first-order chi connectivity index (χ1) is 8.36. The van der Waals surface area contributed by atoms with E-state index < -0.39 is 0 Å². The first-order valence-corrected chi connectivity index (χ1v) is 8.17. The first-order valence-electron chi connectivity index (χ1n) is 7.02. The fourth-order valence-corrected chi connectivity index (χ4v) is 3.92. The van der Waals surface area contributed by atoms with Gasteiger partial charge in [-0.15, -0.1) is 0 Å². The van der Waals surface area contributed by atoms with Crippen LogP contribution in [-0.4, -0.2) is 54.3 Å². The zero-order chi connectivity index (χ0) is 12.1. The van der Waals surface area contributed by atoms with Crippen molar-refractivity contribution in [2.24, 2.45) is 5.73 Å². The highest BCUT2D eigenvalue weighted by Crippen LogP contribution is 2.31. The second kappa shape index (κ2) is 6.98. The summed E-state index contributed by atoms with van der Waals surface area (Å²) in [5.41, 5.74) is 5.98. The van der Waals surface area contributed by atoms with Crippen molar-refractivity contribution < 1.29 is 4.74 Å². The number of nitrogens with two attached hydrogens (primary N) is 1. The van der Waals surface area contributed by atoms with Crippen molar-refractivity contribution in [3.8, 4) is 0 Å². The number of fused-ring (bicyclic) bond motifs is 1. The third kappa shape index (κ3) is 3.37. The molecule has 1 aliphatic carbocycles. The summed E-state index contributed by atoms with van der Waals surface area (Å²) < 4.78 is 5.86. The van der Waals surface area contributed by atoms with Gasteiger partial charge in [0.15, 0.2) is 0 Å². The van der Waals surface area contributed by atoms with Gasteiger partial charge in [0, 0.05) is 25.2 Å². The average Bonchev–Trinajstić information content (AvgIpc) is 2.83. The highest BCUT2D eigenvalue weighted by molar-refractivity contribution is 7.99. The van der Waals surface area contributed by atoms with E-state index in [0.29, 0.717) is 18.2 Å². The van der Waals surface area contributed by atoms with Gasteiger partial charge in [-0.05, 0) is 37.2 Å². The van der Waals surface area contributed by atoms with Gasteiger partial charge in [-0.2, -0.15) is 11.8 Å². The van der Waals surface area contributed by atoms with Crippen LogP contribution in [0.2, 0.25) is 0 Å². The zero-order valence-electron chi connectivity index (χ0n) is 10.9. The maximum Gasteiger partial charge on any atom is 0.0731 e. The lowest BCUT2D eigenvalue weighted by molar-refractivity contribution is -0.0706. The minimum atomic E-state index is 0.497. The number of thioether (sulfide) groups is 1. The van der Waals surface area contributed by atoms with Gasteiger partial charge in [0.05, 0.1) is 12.7 Å². The van der Waals surface area contributed by atoms with Gasteiger partial charge in [0.1, 0.15) is 0 Å². The van der Waals surface area contributed by atoms with Crippen LogP contribution in [0.5, 0.6) is 0 Å². The standard InChI is InChI=1S/C13H26N2OS/c1-2-17-9-6-11(10-14)15-7-8-16-13-5-3-4-12(13)15/h11-13H,2-10,14H2,1H3. The molecule has 1 heterocycles. The van der Waals surface area contributed by atoms with Crippen molar-refractivity contribution in [1.29, 1.82) is 0 Å². The van der Waals surface area contributed by atoms with Crippen molar-refractivity contribution in [1.82, 2.24) is 4.90 Å². The molecule has 3 nitrogen and oxygen atoms in total. The Kier molecular flexibility index (Phi) is 5.60. The van der Waals surface area contributed by atoms with Gasteiger partial charge < -0.3 is 10.5 Å². The van der Waals surface area contributed by atoms with Crippen molar-refractivity contribution in [2.45, 2.75) is 50.8 Å². The Labute approximate surface area is 109 Å².